The van der Waals surface area contributed by atoms with Crippen LogP contribution in [0.1, 0.15) is 18.0 Å². The normalized spacial score (nSPS) is 13.9. The Balaban J connectivity index is 2.55. The maximum atomic E-state index is 5.22. The molecule has 13 heavy (non-hydrogen) atoms. The fraction of sp³-hybridized carbons (Fsp3) is 0.429. The van der Waals surface area contributed by atoms with Gasteiger partial charge in [-0.15, -0.1) is 11.3 Å². The van der Waals surface area contributed by atoms with Crippen LogP contribution in [0.4, 0.5) is 0 Å². The number of rotatable bonds is 2. The third kappa shape index (κ3) is 2.67. The Labute approximate surface area is 81.1 Å². The molecule has 0 spiro atoms. The number of hydrazine groups is 1. The lowest BCUT2D eigenvalue weighted by molar-refractivity contribution is 0.686. The lowest BCUT2D eigenvalue weighted by atomic mass is 10.4. The molecule has 0 radical (unpaired) electrons. The smallest absolute Gasteiger partial charge is 0.206 e. The average molecular weight is 199 g/mol. The summed E-state index contributed by atoms with van der Waals surface area (Å²) in [6, 6.07) is 0.120. The summed E-state index contributed by atoms with van der Waals surface area (Å²) >= 11 is 1.60. The van der Waals surface area contributed by atoms with E-state index in [0.29, 0.717) is 5.96 Å². The van der Waals surface area contributed by atoms with Crippen molar-refractivity contribution in [1.29, 1.82) is 0 Å². The van der Waals surface area contributed by atoms with Gasteiger partial charge in [-0.3, -0.25) is 10.4 Å². The number of aromatic nitrogens is 1. The lowest BCUT2D eigenvalue weighted by Crippen LogP contribution is -2.42. The first-order valence-corrected chi connectivity index (χ1v) is 4.75. The second-order valence-corrected chi connectivity index (χ2v) is 3.38. The molecule has 0 fully saturated rings. The molecule has 0 saturated heterocycles. The van der Waals surface area contributed by atoms with Crippen molar-refractivity contribution in [2.75, 3.05) is 7.05 Å². The van der Waals surface area contributed by atoms with E-state index in [2.05, 4.69) is 20.7 Å². The van der Waals surface area contributed by atoms with Crippen LogP contribution in [-0.4, -0.2) is 18.0 Å². The number of nitrogens with two attached hydrogens (primary N) is 1. The second-order valence-electron chi connectivity index (χ2n) is 2.45. The first-order valence-electron chi connectivity index (χ1n) is 3.87. The molecular formula is C7H13N5S. The van der Waals surface area contributed by atoms with E-state index in [4.69, 9.17) is 5.84 Å². The number of nitrogens with zero attached hydrogens (tertiary/aromatic N) is 2. The number of nitrogens with one attached hydrogen (secondary N) is 2. The molecule has 0 bridgehead atoms. The van der Waals surface area contributed by atoms with E-state index in [-0.39, 0.29) is 6.04 Å². The molecule has 0 aliphatic carbocycles. The second kappa shape index (κ2) is 4.78. The van der Waals surface area contributed by atoms with Gasteiger partial charge in [0.15, 0.2) is 0 Å². The molecule has 0 saturated carbocycles. The SMILES string of the molecule is CN=C(NN)NC(C)c1nccs1. The van der Waals surface area contributed by atoms with Gasteiger partial charge in [0.25, 0.3) is 0 Å². The van der Waals surface area contributed by atoms with Crippen LogP contribution in [-0.2, 0) is 0 Å². The zero-order chi connectivity index (χ0) is 9.68. The highest BCUT2D eigenvalue weighted by atomic mass is 32.1. The number of hydrogen-bond donors (Lipinski definition) is 3. The molecule has 1 aromatic heterocycles. The maximum absolute atomic E-state index is 5.22. The van der Waals surface area contributed by atoms with E-state index < -0.39 is 0 Å². The minimum atomic E-state index is 0.120. The van der Waals surface area contributed by atoms with Crippen molar-refractivity contribution in [3.8, 4) is 0 Å². The Hall–Kier alpha value is -1.14. The third-order valence-electron chi connectivity index (χ3n) is 1.54. The lowest BCUT2D eigenvalue weighted by Gasteiger charge is -2.13. The maximum Gasteiger partial charge on any atom is 0.206 e. The predicted molar refractivity (Wildman–Crippen MR) is 54.3 cm³/mol. The van der Waals surface area contributed by atoms with Gasteiger partial charge in [-0.25, -0.2) is 10.8 Å². The zero-order valence-corrected chi connectivity index (χ0v) is 8.43. The fourth-order valence-electron chi connectivity index (χ4n) is 0.886. The highest BCUT2D eigenvalue weighted by molar-refractivity contribution is 7.09. The number of hydrogen-bond acceptors (Lipinski definition) is 4. The van der Waals surface area contributed by atoms with Gasteiger partial charge in [0.2, 0.25) is 5.96 Å². The van der Waals surface area contributed by atoms with Crippen molar-refractivity contribution in [1.82, 2.24) is 15.7 Å². The first kappa shape index (κ1) is 9.94. The molecular weight excluding hydrogens is 186 g/mol. The Kier molecular flexibility index (Phi) is 3.66. The molecule has 1 unspecified atom stereocenters. The summed E-state index contributed by atoms with van der Waals surface area (Å²) in [5.74, 6) is 5.78. The molecule has 72 valence electrons. The Morgan fingerprint density at radius 3 is 3.00 bits per heavy atom. The van der Waals surface area contributed by atoms with Gasteiger partial charge in [-0.1, -0.05) is 0 Å². The number of thiazole rings is 1. The van der Waals surface area contributed by atoms with Crippen LogP contribution in [0.5, 0.6) is 0 Å². The molecule has 0 amide bonds. The van der Waals surface area contributed by atoms with Gasteiger partial charge in [-0.05, 0) is 6.92 Å². The van der Waals surface area contributed by atoms with Crippen molar-refractivity contribution < 1.29 is 0 Å². The van der Waals surface area contributed by atoms with Crippen LogP contribution in [0.15, 0.2) is 16.6 Å². The van der Waals surface area contributed by atoms with Crippen LogP contribution in [0.25, 0.3) is 0 Å². The minimum absolute atomic E-state index is 0.120. The van der Waals surface area contributed by atoms with Crippen LogP contribution >= 0.6 is 11.3 Å². The highest BCUT2D eigenvalue weighted by Gasteiger charge is 2.08. The third-order valence-corrected chi connectivity index (χ3v) is 2.49. The van der Waals surface area contributed by atoms with E-state index >= 15 is 0 Å². The Morgan fingerprint density at radius 1 is 1.77 bits per heavy atom. The largest absolute Gasteiger partial charge is 0.346 e. The van der Waals surface area contributed by atoms with E-state index in [9.17, 15) is 0 Å². The molecule has 0 aliphatic heterocycles. The minimum Gasteiger partial charge on any atom is -0.346 e. The Bertz CT molecular complexity index is 268. The Morgan fingerprint density at radius 2 is 2.54 bits per heavy atom. The number of guanidine groups is 1. The van der Waals surface area contributed by atoms with Gasteiger partial charge in [0.1, 0.15) is 5.01 Å². The first-order chi connectivity index (χ1) is 6.27. The van der Waals surface area contributed by atoms with E-state index in [0.717, 1.165) is 5.01 Å². The molecule has 0 aliphatic rings. The molecule has 5 nitrogen and oxygen atoms in total. The molecule has 4 N–H and O–H groups in total. The van der Waals surface area contributed by atoms with Gasteiger partial charge in [0.05, 0.1) is 6.04 Å². The molecule has 1 atom stereocenters. The monoisotopic (exact) mass is 199 g/mol. The fourth-order valence-corrected chi connectivity index (χ4v) is 1.53. The summed E-state index contributed by atoms with van der Waals surface area (Å²) in [5.41, 5.74) is 2.46. The summed E-state index contributed by atoms with van der Waals surface area (Å²) in [7, 11) is 1.66. The van der Waals surface area contributed by atoms with Crippen molar-refractivity contribution in [3.05, 3.63) is 16.6 Å². The van der Waals surface area contributed by atoms with Crippen LogP contribution in [0, 0.1) is 0 Å². The van der Waals surface area contributed by atoms with E-state index in [1.165, 1.54) is 0 Å². The molecule has 1 heterocycles. The van der Waals surface area contributed by atoms with Crippen LogP contribution < -0.4 is 16.6 Å². The average Bonchev–Trinajstić information content (AvgIpc) is 2.66. The quantitative estimate of drug-likeness (QED) is 0.276. The zero-order valence-electron chi connectivity index (χ0n) is 7.61. The van der Waals surface area contributed by atoms with Gasteiger partial charge in [-0.2, -0.15) is 0 Å². The van der Waals surface area contributed by atoms with Crippen molar-refractivity contribution >= 4 is 17.3 Å². The molecule has 6 heteroatoms. The van der Waals surface area contributed by atoms with Crippen molar-refractivity contribution in [3.63, 3.8) is 0 Å². The topological polar surface area (TPSA) is 75.3 Å². The van der Waals surface area contributed by atoms with Crippen LogP contribution in [0.3, 0.4) is 0 Å². The summed E-state index contributed by atoms with van der Waals surface area (Å²) < 4.78 is 0. The standard InChI is InChI=1S/C7H13N5S/c1-5(6-10-3-4-13-6)11-7(9-2)12-8/h3-5H,8H2,1-2H3,(H2,9,11,12). The van der Waals surface area contributed by atoms with Crippen molar-refractivity contribution in [2.45, 2.75) is 13.0 Å². The molecule has 1 rings (SSSR count). The predicted octanol–water partition coefficient (Wildman–Crippen LogP) is 0.243. The molecule has 0 aromatic carbocycles. The summed E-state index contributed by atoms with van der Waals surface area (Å²) in [6.45, 7) is 2.00. The molecule has 1 aromatic rings. The van der Waals surface area contributed by atoms with Gasteiger partial charge in [0, 0.05) is 18.6 Å². The summed E-state index contributed by atoms with van der Waals surface area (Å²) in [4.78, 5) is 8.07. The van der Waals surface area contributed by atoms with Crippen molar-refractivity contribution in [2.24, 2.45) is 10.8 Å². The van der Waals surface area contributed by atoms with E-state index in [1.54, 1.807) is 24.6 Å². The van der Waals surface area contributed by atoms with Crippen LogP contribution in [0.2, 0.25) is 0 Å². The summed E-state index contributed by atoms with van der Waals surface area (Å²) in [6.07, 6.45) is 1.77. The number of aliphatic imine (C=N–C) groups is 1. The summed E-state index contributed by atoms with van der Waals surface area (Å²) in [5, 5.41) is 6.03. The highest BCUT2D eigenvalue weighted by Crippen LogP contribution is 2.13. The van der Waals surface area contributed by atoms with Gasteiger partial charge < -0.3 is 5.32 Å². The van der Waals surface area contributed by atoms with Gasteiger partial charge >= 0.3 is 0 Å². The van der Waals surface area contributed by atoms with E-state index in [1.807, 2.05) is 12.3 Å².